The third-order valence-electron chi connectivity index (χ3n) is 3.77. The van der Waals surface area contributed by atoms with Gasteiger partial charge in [0.05, 0.1) is 0 Å². The minimum Gasteiger partial charge on any atom is -0.0999 e. The van der Waals surface area contributed by atoms with Gasteiger partial charge in [-0.25, -0.2) is 0 Å². The quantitative estimate of drug-likeness (QED) is 0.533. The van der Waals surface area contributed by atoms with E-state index >= 15 is 0 Å². The molecule has 0 aromatic carbocycles. The van der Waals surface area contributed by atoms with Crippen molar-refractivity contribution >= 4 is 0 Å². The highest BCUT2D eigenvalue weighted by atomic mass is 14.4. The van der Waals surface area contributed by atoms with Crippen molar-refractivity contribution in [2.75, 3.05) is 0 Å². The van der Waals surface area contributed by atoms with Crippen LogP contribution in [-0.2, 0) is 0 Å². The van der Waals surface area contributed by atoms with Gasteiger partial charge >= 0.3 is 0 Å². The van der Waals surface area contributed by atoms with Crippen molar-refractivity contribution in [3.05, 3.63) is 12.2 Å². The third-order valence-corrected chi connectivity index (χ3v) is 3.77. The summed E-state index contributed by atoms with van der Waals surface area (Å²) in [6.07, 6.45) is 3.82. The van der Waals surface area contributed by atoms with Crippen LogP contribution in [0.15, 0.2) is 12.2 Å². The molecule has 0 aliphatic heterocycles. The Morgan fingerprint density at radius 3 is 1.58 bits per heavy atom. The molecule has 0 rings (SSSR count). The van der Waals surface area contributed by atoms with E-state index in [9.17, 15) is 0 Å². The van der Waals surface area contributed by atoms with E-state index in [1.54, 1.807) is 0 Å². The summed E-state index contributed by atoms with van der Waals surface area (Å²) in [4.78, 5) is 0. The normalized spacial score (nSPS) is 14.4. The van der Waals surface area contributed by atoms with Crippen molar-refractivity contribution in [2.24, 2.45) is 11.3 Å². The minimum absolute atomic E-state index is 0.506. The zero-order valence-electron chi connectivity index (χ0n) is 9.41. The standard InChI is InChI=1S/C12H24/c1-7-12(8-2,9-3)11(6)10(4)5/h11H,4,7-9H2,1-3,5-6H3. The molecule has 0 aromatic rings. The summed E-state index contributed by atoms with van der Waals surface area (Å²) in [5.74, 6) is 0.664. The van der Waals surface area contributed by atoms with Gasteiger partial charge in [-0.15, -0.1) is 0 Å². The molecule has 0 heterocycles. The Kier molecular flexibility index (Phi) is 4.59. The third kappa shape index (κ3) is 2.12. The van der Waals surface area contributed by atoms with Gasteiger partial charge in [-0.1, -0.05) is 39.8 Å². The average molecular weight is 168 g/mol. The van der Waals surface area contributed by atoms with Crippen LogP contribution in [0, 0.1) is 11.3 Å². The summed E-state index contributed by atoms with van der Waals surface area (Å²) in [6.45, 7) is 15.4. The monoisotopic (exact) mass is 168 g/mol. The molecule has 0 radical (unpaired) electrons. The summed E-state index contributed by atoms with van der Waals surface area (Å²) in [7, 11) is 0. The van der Waals surface area contributed by atoms with E-state index in [-0.39, 0.29) is 0 Å². The second kappa shape index (κ2) is 4.69. The van der Waals surface area contributed by atoms with E-state index in [2.05, 4.69) is 41.2 Å². The van der Waals surface area contributed by atoms with Gasteiger partial charge in [0, 0.05) is 0 Å². The van der Waals surface area contributed by atoms with Crippen LogP contribution < -0.4 is 0 Å². The largest absolute Gasteiger partial charge is 0.0999 e. The molecule has 1 unspecified atom stereocenters. The zero-order valence-corrected chi connectivity index (χ0v) is 9.41. The lowest BCUT2D eigenvalue weighted by molar-refractivity contribution is 0.175. The Hall–Kier alpha value is -0.260. The molecule has 0 aliphatic carbocycles. The average Bonchev–Trinajstić information content (AvgIpc) is 2.08. The van der Waals surface area contributed by atoms with Crippen LogP contribution in [0.5, 0.6) is 0 Å². The first kappa shape index (κ1) is 11.7. The summed E-state index contributed by atoms with van der Waals surface area (Å²) < 4.78 is 0. The Bertz CT molecular complexity index is 132. The van der Waals surface area contributed by atoms with Crippen LogP contribution in [-0.4, -0.2) is 0 Å². The molecule has 0 N–H and O–H groups in total. The van der Waals surface area contributed by atoms with Crippen LogP contribution in [0.3, 0.4) is 0 Å². The van der Waals surface area contributed by atoms with Crippen LogP contribution >= 0.6 is 0 Å². The summed E-state index contributed by atoms with van der Waals surface area (Å²) in [5.41, 5.74) is 1.84. The predicted molar refractivity (Wildman–Crippen MR) is 57.3 cm³/mol. The molecule has 0 aromatic heterocycles. The fourth-order valence-corrected chi connectivity index (χ4v) is 2.19. The molecule has 0 spiro atoms. The maximum absolute atomic E-state index is 4.06. The molecule has 12 heavy (non-hydrogen) atoms. The number of allylic oxidation sites excluding steroid dienone is 1. The molecule has 0 amide bonds. The first-order chi connectivity index (χ1) is 5.54. The highest BCUT2D eigenvalue weighted by Gasteiger charge is 2.30. The number of hydrogen-bond donors (Lipinski definition) is 0. The van der Waals surface area contributed by atoms with Gasteiger partial charge in [0.15, 0.2) is 0 Å². The fourth-order valence-electron chi connectivity index (χ4n) is 2.19. The van der Waals surface area contributed by atoms with Crippen LogP contribution in [0.4, 0.5) is 0 Å². The van der Waals surface area contributed by atoms with E-state index in [1.165, 1.54) is 24.8 Å². The number of rotatable bonds is 5. The topological polar surface area (TPSA) is 0 Å². The highest BCUT2D eigenvalue weighted by Crippen LogP contribution is 2.41. The maximum Gasteiger partial charge on any atom is -0.0181 e. The molecule has 0 nitrogen and oxygen atoms in total. The van der Waals surface area contributed by atoms with Crippen molar-refractivity contribution in [3.63, 3.8) is 0 Å². The molecule has 0 aliphatic rings. The van der Waals surface area contributed by atoms with Crippen LogP contribution in [0.1, 0.15) is 53.9 Å². The first-order valence-corrected chi connectivity index (χ1v) is 5.19. The van der Waals surface area contributed by atoms with Gasteiger partial charge in [0.2, 0.25) is 0 Å². The van der Waals surface area contributed by atoms with Gasteiger partial charge in [-0.2, -0.15) is 0 Å². The smallest absolute Gasteiger partial charge is 0.0181 e. The lowest BCUT2D eigenvalue weighted by Crippen LogP contribution is -2.27. The van der Waals surface area contributed by atoms with E-state index in [0.717, 1.165) is 0 Å². The Labute approximate surface area is 78.1 Å². The number of hydrogen-bond acceptors (Lipinski definition) is 0. The Balaban J connectivity index is 4.58. The molecule has 0 saturated heterocycles. The van der Waals surface area contributed by atoms with E-state index in [0.29, 0.717) is 11.3 Å². The van der Waals surface area contributed by atoms with Crippen molar-refractivity contribution < 1.29 is 0 Å². The van der Waals surface area contributed by atoms with Crippen LogP contribution in [0.2, 0.25) is 0 Å². The molecular weight excluding hydrogens is 144 g/mol. The molecule has 0 bridgehead atoms. The maximum atomic E-state index is 4.06. The summed E-state index contributed by atoms with van der Waals surface area (Å²) in [5, 5.41) is 0. The van der Waals surface area contributed by atoms with Crippen molar-refractivity contribution in [1.29, 1.82) is 0 Å². The van der Waals surface area contributed by atoms with Gasteiger partial charge in [-0.3, -0.25) is 0 Å². The van der Waals surface area contributed by atoms with E-state index in [1.807, 2.05) is 0 Å². The second-order valence-corrected chi connectivity index (χ2v) is 3.99. The fraction of sp³-hybridized carbons (Fsp3) is 0.833. The lowest BCUT2D eigenvalue weighted by atomic mass is 9.68. The lowest BCUT2D eigenvalue weighted by Gasteiger charge is -2.37. The van der Waals surface area contributed by atoms with Gasteiger partial charge in [-0.05, 0) is 37.5 Å². The van der Waals surface area contributed by atoms with Crippen LogP contribution in [0.25, 0.3) is 0 Å². The predicted octanol–water partition coefficient (Wildman–Crippen LogP) is 4.42. The van der Waals surface area contributed by atoms with Crippen molar-refractivity contribution in [2.45, 2.75) is 53.9 Å². The first-order valence-electron chi connectivity index (χ1n) is 5.19. The van der Waals surface area contributed by atoms with Crippen molar-refractivity contribution in [3.8, 4) is 0 Å². The second-order valence-electron chi connectivity index (χ2n) is 3.99. The Morgan fingerprint density at radius 2 is 1.50 bits per heavy atom. The molecule has 1 atom stereocenters. The van der Waals surface area contributed by atoms with Crippen molar-refractivity contribution in [1.82, 2.24) is 0 Å². The van der Waals surface area contributed by atoms with E-state index in [4.69, 9.17) is 0 Å². The Morgan fingerprint density at radius 1 is 1.17 bits per heavy atom. The molecule has 72 valence electrons. The van der Waals surface area contributed by atoms with Gasteiger partial charge in [0.1, 0.15) is 0 Å². The minimum atomic E-state index is 0.506. The molecule has 0 fully saturated rings. The van der Waals surface area contributed by atoms with Gasteiger partial charge < -0.3 is 0 Å². The summed E-state index contributed by atoms with van der Waals surface area (Å²) >= 11 is 0. The molecule has 0 heteroatoms. The molecular formula is C12H24. The zero-order chi connectivity index (χ0) is 9.78. The van der Waals surface area contributed by atoms with Gasteiger partial charge in [0.25, 0.3) is 0 Å². The highest BCUT2D eigenvalue weighted by molar-refractivity contribution is 5.01. The molecule has 0 saturated carbocycles. The SMILES string of the molecule is C=C(C)C(C)C(CC)(CC)CC. The summed E-state index contributed by atoms with van der Waals surface area (Å²) in [6, 6.07) is 0. The van der Waals surface area contributed by atoms with E-state index < -0.39 is 0 Å².